The topological polar surface area (TPSA) is 38.7 Å². The molecule has 0 heterocycles. The third-order valence-corrected chi connectivity index (χ3v) is 1.94. The van der Waals surface area contributed by atoms with Crippen molar-refractivity contribution in [3.63, 3.8) is 0 Å². The largest absolute Gasteiger partial charge is 0.388 e. The summed E-state index contributed by atoms with van der Waals surface area (Å²) < 4.78 is 10.4. The van der Waals surface area contributed by atoms with E-state index in [1.54, 1.807) is 7.11 Å². The molecular formula is C10H22O3. The zero-order chi connectivity index (χ0) is 10.1. The second kappa shape index (κ2) is 8.48. The van der Waals surface area contributed by atoms with E-state index < -0.39 is 6.10 Å². The molecule has 1 N–H and O–H groups in total. The lowest BCUT2D eigenvalue weighted by Crippen LogP contribution is -2.32. The van der Waals surface area contributed by atoms with Gasteiger partial charge in [-0.25, -0.2) is 0 Å². The van der Waals surface area contributed by atoms with Crippen molar-refractivity contribution in [2.45, 2.75) is 45.3 Å². The molecule has 0 saturated carbocycles. The number of hydrogen-bond acceptors (Lipinski definition) is 3. The molecule has 80 valence electrons. The summed E-state index contributed by atoms with van der Waals surface area (Å²) in [6.45, 7) is 5.21. The first-order valence-corrected chi connectivity index (χ1v) is 5.04. The Morgan fingerprint density at radius 2 is 1.92 bits per heavy atom. The summed E-state index contributed by atoms with van der Waals surface area (Å²) in [6.07, 6.45) is 2.31. The van der Waals surface area contributed by atoms with Crippen molar-refractivity contribution in [3.8, 4) is 0 Å². The second-order valence-corrected chi connectivity index (χ2v) is 3.21. The standard InChI is InChI=1S/C10H22O3/c1-4-6-10(12-3)9(11)8-13-7-5-2/h9-11H,4-8H2,1-3H3. The summed E-state index contributed by atoms with van der Waals surface area (Å²) in [5.74, 6) is 0. The third kappa shape index (κ3) is 6.02. The van der Waals surface area contributed by atoms with Gasteiger partial charge in [-0.05, 0) is 12.8 Å². The van der Waals surface area contributed by atoms with Gasteiger partial charge in [0.05, 0.1) is 12.7 Å². The summed E-state index contributed by atoms with van der Waals surface area (Å²) in [7, 11) is 1.63. The van der Waals surface area contributed by atoms with Gasteiger partial charge >= 0.3 is 0 Å². The Morgan fingerprint density at radius 1 is 1.23 bits per heavy atom. The predicted octanol–water partition coefficient (Wildman–Crippen LogP) is 1.59. The van der Waals surface area contributed by atoms with Crippen LogP contribution in [-0.4, -0.2) is 37.6 Å². The molecule has 3 heteroatoms. The van der Waals surface area contributed by atoms with Crippen LogP contribution in [-0.2, 0) is 9.47 Å². The first-order valence-electron chi connectivity index (χ1n) is 5.04. The molecule has 2 unspecified atom stereocenters. The van der Waals surface area contributed by atoms with Crippen LogP contribution in [0.15, 0.2) is 0 Å². The molecule has 0 bridgehead atoms. The fourth-order valence-electron chi connectivity index (χ4n) is 1.21. The minimum Gasteiger partial charge on any atom is -0.388 e. The van der Waals surface area contributed by atoms with E-state index in [4.69, 9.17) is 9.47 Å². The van der Waals surface area contributed by atoms with Crippen molar-refractivity contribution in [1.29, 1.82) is 0 Å². The molecule has 13 heavy (non-hydrogen) atoms. The van der Waals surface area contributed by atoms with Crippen molar-refractivity contribution in [1.82, 2.24) is 0 Å². The Bertz CT molecular complexity index is 106. The zero-order valence-electron chi connectivity index (χ0n) is 8.95. The molecule has 0 aromatic heterocycles. The number of aliphatic hydroxyl groups is 1. The molecule has 0 radical (unpaired) electrons. The van der Waals surface area contributed by atoms with Crippen molar-refractivity contribution in [2.24, 2.45) is 0 Å². The van der Waals surface area contributed by atoms with Crippen molar-refractivity contribution in [3.05, 3.63) is 0 Å². The van der Waals surface area contributed by atoms with E-state index >= 15 is 0 Å². The molecule has 0 amide bonds. The maximum absolute atomic E-state index is 9.62. The Labute approximate surface area is 81.0 Å². The summed E-state index contributed by atoms with van der Waals surface area (Å²) in [4.78, 5) is 0. The van der Waals surface area contributed by atoms with Crippen LogP contribution in [0.2, 0.25) is 0 Å². The van der Waals surface area contributed by atoms with E-state index in [0.717, 1.165) is 19.3 Å². The van der Waals surface area contributed by atoms with Gasteiger partial charge < -0.3 is 14.6 Å². The summed E-state index contributed by atoms with van der Waals surface area (Å²) >= 11 is 0. The molecule has 0 spiro atoms. The van der Waals surface area contributed by atoms with Gasteiger partial charge in [0, 0.05) is 13.7 Å². The monoisotopic (exact) mass is 190 g/mol. The van der Waals surface area contributed by atoms with Gasteiger partial charge in [-0.1, -0.05) is 20.3 Å². The Balaban J connectivity index is 3.57. The molecule has 0 aromatic rings. The predicted molar refractivity (Wildman–Crippen MR) is 52.8 cm³/mol. The van der Waals surface area contributed by atoms with Crippen LogP contribution in [0.4, 0.5) is 0 Å². The average Bonchev–Trinajstić information content (AvgIpc) is 2.14. The third-order valence-electron chi connectivity index (χ3n) is 1.94. The van der Waals surface area contributed by atoms with Crippen molar-refractivity contribution in [2.75, 3.05) is 20.3 Å². The molecule has 0 fully saturated rings. The number of rotatable bonds is 8. The van der Waals surface area contributed by atoms with E-state index in [1.165, 1.54) is 0 Å². The molecule has 3 nitrogen and oxygen atoms in total. The number of aliphatic hydroxyl groups excluding tert-OH is 1. The summed E-state index contributed by atoms with van der Waals surface area (Å²) in [6, 6.07) is 0. The highest BCUT2D eigenvalue weighted by Crippen LogP contribution is 2.06. The first kappa shape index (κ1) is 12.9. The minimum atomic E-state index is -0.489. The van der Waals surface area contributed by atoms with Crippen LogP contribution in [0.25, 0.3) is 0 Å². The van der Waals surface area contributed by atoms with E-state index in [2.05, 4.69) is 6.92 Å². The highest BCUT2D eigenvalue weighted by molar-refractivity contribution is 4.67. The van der Waals surface area contributed by atoms with E-state index in [0.29, 0.717) is 13.2 Å². The smallest absolute Gasteiger partial charge is 0.103 e. The number of ether oxygens (including phenoxy) is 2. The van der Waals surface area contributed by atoms with Crippen LogP contribution < -0.4 is 0 Å². The van der Waals surface area contributed by atoms with Gasteiger partial charge in [0.25, 0.3) is 0 Å². The van der Waals surface area contributed by atoms with Crippen molar-refractivity contribution < 1.29 is 14.6 Å². The van der Waals surface area contributed by atoms with Crippen LogP contribution in [0.1, 0.15) is 33.1 Å². The van der Waals surface area contributed by atoms with Crippen LogP contribution >= 0.6 is 0 Å². The fraction of sp³-hybridized carbons (Fsp3) is 1.00. The molecule has 0 aromatic carbocycles. The molecule has 0 aliphatic heterocycles. The van der Waals surface area contributed by atoms with Gasteiger partial charge in [-0.2, -0.15) is 0 Å². The quantitative estimate of drug-likeness (QED) is 0.591. The lowest BCUT2D eigenvalue weighted by atomic mass is 10.1. The zero-order valence-corrected chi connectivity index (χ0v) is 8.95. The molecular weight excluding hydrogens is 168 g/mol. The number of hydrogen-bond donors (Lipinski definition) is 1. The normalized spacial score (nSPS) is 15.7. The van der Waals surface area contributed by atoms with Gasteiger partial charge in [-0.3, -0.25) is 0 Å². The SMILES string of the molecule is CCCOCC(O)C(CCC)OC. The van der Waals surface area contributed by atoms with Gasteiger partial charge in [0.15, 0.2) is 0 Å². The highest BCUT2D eigenvalue weighted by Gasteiger charge is 2.17. The van der Waals surface area contributed by atoms with Gasteiger partial charge in [-0.15, -0.1) is 0 Å². The number of methoxy groups -OCH3 is 1. The molecule has 0 saturated heterocycles. The van der Waals surface area contributed by atoms with Crippen LogP contribution in [0, 0.1) is 0 Å². The van der Waals surface area contributed by atoms with Crippen molar-refractivity contribution >= 4 is 0 Å². The lowest BCUT2D eigenvalue weighted by molar-refractivity contribution is -0.0586. The minimum absolute atomic E-state index is 0.0816. The molecule has 2 atom stereocenters. The van der Waals surface area contributed by atoms with E-state index in [9.17, 15) is 5.11 Å². The summed E-state index contributed by atoms with van der Waals surface area (Å²) in [5.41, 5.74) is 0. The Hall–Kier alpha value is -0.120. The van der Waals surface area contributed by atoms with Gasteiger partial charge in [0.2, 0.25) is 0 Å². The molecule has 0 aliphatic rings. The molecule has 0 aliphatic carbocycles. The lowest BCUT2D eigenvalue weighted by Gasteiger charge is -2.20. The highest BCUT2D eigenvalue weighted by atomic mass is 16.5. The van der Waals surface area contributed by atoms with Gasteiger partial charge in [0.1, 0.15) is 6.10 Å². The first-order chi connectivity index (χ1) is 6.26. The maximum atomic E-state index is 9.62. The average molecular weight is 190 g/mol. The molecule has 0 rings (SSSR count). The Morgan fingerprint density at radius 3 is 2.38 bits per heavy atom. The fourth-order valence-corrected chi connectivity index (χ4v) is 1.21. The summed E-state index contributed by atoms with van der Waals surface area (Å²) in [5, 5.41) is 9.62. The van der Waals surface area contributed by atoms with Crippen LogP contribution in [0.3, 0.4) is 0 Å². The Kier molecular flexibility index (Phi) is 8.40. The van der Waals surface area contributed by atoms with Crippen LogP contribution in [0.5, 0.6) is 0 Å². The van der Waals surface area contributed by atoms with E-state index in [-0.39, 0.29) is 6.10 Å². The second-order valence-electron chi connectivity index (χ2n) is 3.21. The maximum Gasteiger partial charge on any atom is 0.103 e. The van der Waals surface area contributed by atoms with E-state index in [1.807, 2.05) is 6.92 Å².